The fourth-order valence-electron chi connectivity index (χ4n) is 1.31. The Balaban J connectivity index is 3.02. The molecule has 1 aromatic rings. The van der Waals surface area contributed by atoms with Gasteiger partial charge in [-0.3, -0.25) is 0 Å². The smallest absolute Gasteiger partial charge is 0.240 e. The van der Waals surface area contributed by atoms with E-state index in [4.69, 9.17) is 10.8 Å². The van der Waals surface area contributed by atoms with Gasteiger partial charge in [-0.2, -0.15) is 0 Å². The minimum absolute atomic E-state index is 0.106. The fourth-order valence-corrected chi connectivity index (χ4v) is 2.59. The number of aliphatic hydroxyl groups is 2. The van der Waals surface area contributed by atoms with Crippen molar-refractivity contribution in [1.29, 1.82) is 0 Å². The number of nitrogens with two attached hydrogens (primary N) is 1. The summed E-state index contributed by atoms with van der Waals surface area (Å²) in [6.07, 6.45) is 0. The summed E-state index contributed by atoms with van der Waals surface area (Å²) < 4.78 is 39.3. The number of rotatable bonds is 5. The number of sulfonamides is 1. The molecule has 0 fully saturated rings. The first-order chi connectivity index (χ1) is 8.59. The zero-order chi connectivity index (χ0) is 14.8. The van der Waals surface area contributed by atoms with Crippen molar-refractivity contribution in [3.05, 3.63) is 23.5 Å². The third-order valence-electron chi connectivity index (χ3n) is 2.55. The van der Waals surface area contributed by atoms with Crippen molar-refractivity contribution < 1.29 is 23.0 Å². The van der Waals surface area contributed by atoms with Crippen molar-refractivity contribution in [1.82, 2.24) is 4.72 Å². The van der Waals surface area contributed by atoms with Crippen LogP contribution in [-0.2, 0) is 10.0 Å². The lowest BCUT2D eigenvalue weighted by Gasteiger charge is -2.20. The molecular formula is C11H17FN2O4S. The van der Waals surface area contributed by atoms with Crippen molar-refractivity contribution in [2.24, 2.45) is 0 Å². The molecule has 8 heteroatoms. The summed E-state index contributed by atoms with van der Waals surface area (Å²) in [6, 6.07) is 2.14. The fraction of sp³-hybridized carbons (Fsp3) is 0.455. The number of aryl methyl sites for hydroxylation is 1. The Hall–Kier alpha value is -1.22. The summed E-state index contributed by atoms with van der Waals surface area (Å²) in [5.41, 5.74) is 3.63. The number of anilines is 1. The summed E-state index contributed by atoms with van der Waals surface area (Å²) in [5.74, 6) is -0.665. The van der Waals surface area contributed by atoms with Gasteiger partial charge in [0.05, 0.1) is 22.8 Å². The molecule has 0 bridgehead atoms. The van der Waals surface area contributed by atoms with E-state index in [0.29, 0.717) is 0 Å². The Morgan fingerprint density at radius 1 is 1.47 bits per heavy atom. The standard InChI is InChI=1S/C11H17FN2O4S/c1-7-3-8(4-9(13)10(7)12)19(17,18)14-5-11(2,16)6-15/h3-4,14-16H,5-6,13H2,1-2H3. The highest BCUT2D eigenvalue weighted by atomic mass is 32.2. The average Bonchev–Trinajstić information content (AvgIpc) is 2.33. The molecule has 6 nitrogen and oxygen atoms in total. The van der Waals surface area contributed by atoms with E-state index in [1.165, 1.54) is 13.8 Å². The second-order valence-electron chi connectivity index (χ2n) is 4.62. The highest BCUT2D eigenvalue weighted by Crippen LogP contribution is 2.20. The minimum atomic E-state index is -3.93. The zero-order valence-electron chi connectivity index (χ0n) is 10.6. The number of halogens is 1. The summed E-state index contributed by atoms with van der Waals surface area (Å²) in [5, 5.41) is 18.4. The molecule has 0 aromatic heterocycles. The maximum absolute atomic E-state index is 13.3. The largest absolute Gasteiger partial charge is 0.396 e. The van der Waals surface area contributed by atoms with Gasteiger partial charge in [0, 0.05) is 6.54 Å². The van der Waals surface area contributed by atoms with Crippen molar-refractivity contribution in [3.63, 3.8) is 0 Å². The van der Waals surface area contributed by atoms with Crippen LogP contribution in [0.5, 0.6) is 0 Å². The summed E-state index contributed by atoms with van der Waals surface area (Å²) >= 11 is 0. The third-order valence-corrected chi connectivity index (χ3v) is 3.93. The second-order valence-corrected chi connectivity index (χ2v) is 6.39. The first kappa shape index (κ1) is 15.8. The number of nitrogen functional groups attached to an aromatic ring is 1. The zero-order valence-corrected chi connectivity index (χ0v) is 11.5. The van der Waals surface area contributed by atoms with Gasteiger partial charge in [-0.1, -0.05) is 0 Å². The van der Waals surface area contributed by atoms with Gasteiger partial charge in [0.25, 0.3) is 0 Å². The van der Waals surface area contributed by atoms with Crippen LogP contribution >= 0.6 is 0 Å². The van der Waals surface area contributed by atoms with Crippen LogP contribution in [0.2, 0.25) is 0 Å². The number of hydrogen-bond donors (Lipinski definition) is 4. The topological polar surface area (TPSA) is 113 Å². The molecule has 1 rings (SSSR count). The van der Waals surface area contributed by atoms with Crippen molar-refractivity contribution in [3.8, 4) is 0 Å². The molecule has 5 N–H and O–H groups in total. The Labute approximate surface area is 111 Å². The monoisotopic (exact) mass is 292 g/mol. The van der Waals surface area contributed by atoms with Gasteiger partial charge in [-0.05, 0) is 31.5 Å². The van der Waals surface area contributed by atoms with Gasteiger partial charge in [-0.15, -0.1) is 0 Å². The molecule has 1 unspecified atom stereocenters. The molecule has 0 saturated carbocycles. The first-order valence-electron chi connectivity index (χ1n) is 5.47. The first-order valence-corrected chi connectivity index (χ1v) is 6.96. The van der Waals surface area contributed by atoms with Crippen LogP contribution in [0.15, 0.2) is 17.0 Å². The van der Waals surface area contributed by atoms with Crippen LogP contribution < -0.4 is 10.5 Å². The highest BCUT2D eigenvalue weighted by molar-refractivity contribution is 7.89. The molecule has 0 amide bonds. The lowest BCUT2D eigenvalue weighted by molar-refractivity contribution is 0.00681. The molecular weight excluding hydrogens is 275 g/mol. The van der Waals surface area contributed by atoms with Crippen LogP contribution in [0.3, 0.4) is 0 Å². The van der Waals surface area contributed by atoms with Crippen LogP contribution in [0.25, 0.3) is 0 Å². The number of nitrogens with one attached hydrogen (secondary N) is 1. The van der Waals surface area contributed by atoms with Crippen molar-refractivity contribution >= 4 is 15.7 Å². The molecule has 1 aromatic carbocycles. The minimum Gasteiger partial charge on any atom is -0.396 e. The van der Waals surface area contributed by atoms with Gasteiger partial charge in [-0.25, -0.2) is 17.5 Å². The molecule has 19 heavy (non-hydrogen) atoms. The molecule has 0 spiro atoms. The predicted octanol–water partition coefficient (Wildman–Crippen LogP) is -0.262. The Kier molecular flexibility index (Phi) is 4.51. The normalized spacial score (nSPS) is 15.2. The second kappa shape index (κ2) is 5.41. The van der Waals surface area contributed by atoms with Crippen molar-refractivity contribution in [2.75, 3.05) is 18.9 Å². The lowest BCUT2D eigenvalue weighted by atomic mass is 10.1. The summed E-state index contributed by atoms with van der Waals surface area (Å²) in [6.45, 7) is 1.71. The molecule has 1 atom stereocenters. The molecule has 0 aliphatic heterocycles. The maximum atomic E-state index is 13.3. The van der Waals surface area contributed by atoms with E-state index < -0.39 is 28.0 Å². The van der Waals surface area contributed by atoms with Crippen LogP contribution in [0, 0.1) is 12.7 Å². The quantitative estimate of drug-likeness (QED) is 0.558. The van der Waals surface area contributed by atoms with Gasteiger partial charge < -0.3 is 15.9 Å². The number of benzene rings is 1. The summed E-state index contributed by atoms with van der Waals surface area (Å²) in [4.78, 5) is -0.197. The Bertz CT molecular complexity index is 549. The van der Waals surface area contributed by atoms with Crippen LogP contribution in [0.1, 0.15) is 12.5 Å². The molecule has 0 aliphatic rings. The van der Waals surface area contributed by atoms with Gasteiger partial charge in [0.2, 0.25) is 10.0 Å². The third kappa shape index (κ3) is 3.87. The molecule has 0 radical (unpaired) electrons. The van der Waals surface area contributed by atoms with Gasteiger partial charge in [0.1, 0.15) is 5.82 Å². The van der Waals surface area contributed by atoms with Crippen molar-refractivity contribution in [2.45, 2.75) is 24.3 Å². The molecule has 0 aliphatic carbocycles. The van der Waals surface area contributed by atoms with E-state index in [-0.39, 0.29) is 22.7 Å². The number of hydrogen-bond acceptors (Lipinski definition) is 5. The lowest BCUT2D eigenvalue weighted by Crippen LogP contribution is -2.43. The van der Waals surface area contributed by atoms with E-state index >= 15 is 0 Å². The maximum Gasteiger partial charge on any atom is 0.240 e. The van der Waals surface area contributed by atoms with E-state index in [9.17, 15) is 17.9 Å². The van der Waals surface area contributed by atoms with E-state index in [0.717, 1.165) is 12.1 Å². The predicted molar refractivity (Wildman–Crippen MR) is 68.4 cm³/mol. The highest BCUT2D eigenvalue weighted by Gasteiger charge is 2.24. The van der Waals surface area contributed by atoms with E-state index in [2.05, 4.69) is 4.72 Å². The SMILES string of the molecule is Cc1cc(S(=O)(=O)NCC(C)(O)CO)cc(N)c1F. The van der Waals surface area contributed by atoms with Crippen LogP contribution in [-0.4, -0.2) is 37.4 Å². The molecule has 0 saturated heterocycles. The number of aliphatic hydroxyl groups excluding tert-OH is 1. The molecule has 0 heterocycles. The van der Waals surface area contributed by atoms with Gasteiger partial charge in [0.15, 0.2) is 0 Å². The van der Waals surface area contributed by atoms with E-state index in [1.54, 1.807) is 0 Å². The Morgan fingerprint density at radius 2 is 2.05 bits per heavy atom. The van der Waals surface area contributed by atoms with E-state index in [1.807, 2.05) is 0 Å². The molecule has 108 valence electrons. The summed E-state index contributed by atoms with van der Waals surface area (Å²) in [7, 11) is -3.93. The van der Waals surface area contributed by atoms with Crippen LogP contribution in [0.4, 0.5) is 10.1 Å². The Morgan fingerprint density at radius 3 is 2.53 bits per heavy atom. The van der Waals surface area contributed by atoms with Gasteiger partial charge >= 0.3 is 0 Å². The average molecular weight is 292 g/mol.